The van der Waals surface area contributed by atoms with E-state index in [1.807, 2.05) is 11.9 Å². The van der Waals surface area contributed by atoms with Crippen LogP contribution in [0.25, 0.3) is 11.3 Å². The number of ketones is 1. The number of rotatable bonds is 7. The number of halogens is 4. The lowest BCUT2D eigenvalue weighted by atomic mass is 9.32. The first-order valence-electron chi connectivity index (χ1n) is 16.7. The lowest BCUT2D eigenvalue weighted by Gasteiger charge is -2.71. The third kappa shape index (κ3) is 4.55. The first-order chi connectivity index (χ1) is 22.0. The number of hydrogen-bond acceptors (Lipinski definition) is 6. The molecule has 8 unspecified atom stereocenters. The highest BCUT2D eigenvalue weighted by Gasteiger charge is 2.74. The van der Waals surface area contributed by atoms with Crippen LogP contribution >= 0.6 is 11.6 Å². The molecule has 1 heterocycles. The maximum Gasteiger partial charge on any atom is 0.416 e. The molecule has 2 bridgehead atoms. The summed E-state index contributed by atoms with van der Waals surface area (Å²) in [6.07, 6.45) is 6.30. The van der Waals surface area contributed by atoms with Crippen LogP contribution in [0.3, 0.4) is 0 Å². The van der Waals surface area contributed by atoms with Crippen LogP contribution in [0, 0.1) is 33.5 Å². The van der Waals surface area contributed by atoms with Gasteiger partial charge in [-0.3, -0.25) is 4.79 Å². The minimum Gasteiger partial charge on any atom is -0.453 e. The van der Waals surface area contributed by atoms with Gasteiger partial charge in [0.25, 0.3) is 0 Å². The van der Waals surface area contributed by atoms with Crippen LogP contribution < -0.4 is 0 Å². The first-order valence-corrected chi connectivity index (χ1v) is 17.1. The number of aliphatic hydroxyl groups is 3. The van der Waals surface area contributed by atoms with Gasteiger partial charge in [-0.15, -0.1) is 0 Å². The number of benzene rings is 1. The molecule has 1 aromatic carbocycles. The highest BCUT2D eigenvalue weighted by molar-refractivity contribution is 6.33. The molecule has 0 amide bonds. The van der Waals surface area contributed by atoms with E-state index in [4.69, 9.17) is 16.0 Å². The van der Waals surface area contributed by atoms with Crippen molar-refractivity contribution in [2.75, 3.05) is 26.7 Å². The van der Waals surface area contributed by atoms with Gasteiger partial charge in [-0.25, -0.2) is 0 Å². The van der Waals surface area contributed by atoms with E-state index in [2.05, 4.69) is 32.1 Å². The van der Waals surface area contributed by atoms with Crippen molar-refractivity contribution in [3.8, 4) is 11.3 Å². The molecule has 0 aliphatic heterocycles. The van der Waals surface area contributed by atoms with Crippen LogP contribution in [-0.2, 0) is 6.18 Å². The number of aliphatic hydroxyl groups excluding tert-OH is 2. The second-order valence-electron chi connectivity index (χ2n) is 15.5. The number of carbonyl (C=O) groups is 1. The summed E-state index contributed by atoms with van der Waals surface area (Å²) in [7, 11) is 1.90. The van der Waals surface area contributed by atoms with Crippen LogP contribution in [0.1, 0.15) is 74.9 Å². The van der Waals surface area contributed by atoms with E-state index >= 15 is 0 Å². The molecule has 0 radical (unpaired) electrons. The number of furan rings is 1. The Labute approximate surface area is 278 Å². The fourth-order valence-electron chi connectivity index (χ4n) is 10.9. The Bertz CT molecular complexity index is 1670. The Morgan fingerprint density at radius 3 is 2.47 bits per heavy atom. The standard InChI is InChI=1S/C37H43ClF3NO5/c1-32-11-8-23(44)19-34(32)14-15-36(29(32)9-12-33(2)30(36)10-13-35(33,46)21-42(3)16-17-43)25(20-34)31(45)28-7-6-27(47-28)24-18-22(37(39,40)41)4-5-26(24)38/h4-7,14-15,18,20,23,29-30,43-44,46H,8-13,16-17,19,21H2,1-3H3. The monoisotopic (exact) mass is 673 g/mol. The van der Waals surface area contributed by atoms with Gasteiger partial charge in [-0.1, -0.05) is 43.7 Å². The second-order valence-corrected chi connectivity index (χ2v) is 15.9. The smallest absolute Gasteiger partial charge is 0.416 e. The predicted octanol–water partition coefficient (Wildman–Crippen LogP) is 7.32. The Morgan fingerprint density at radius 2 is 1.74 bits per heavy atom. The van der Waals surface area contributed by atoms with Crippen molar-refractivity contribution in [1.82, 2.24) is 4.90 Å². The molecule has 8 rings (SSSR count). The average molecular weight is 674 g/mol. The number of fused-ring (bicyclic) bond motifs is 1. The van der Waals surface area contributed by atoms with E-state index in [1.165, 1.54) is 18.2 Å². The Kier molecular flexibility index (Phi) is 7.59. The van der Waals surface area contributed by atoms with Crippen LogP contribution in [0.5, 0.6) is 0 Å². The fraction of sp³-hybridized carbons (Fsp3) is 0.595. The first kappa shape index (κ1) is 33.1. The SMILES string of the molecule is CN(CCO)CC1(O)CCC2C34C=CC5(C=C3C(=O)c3ccc(-c6cc(C(F)(F)F)ccc6Cl)o3)CC(O)CCC5(C)C4CCC21C. The van der Waals surface area contributed by atoms with Crippen LogP contribution in [0.4, 0.5) is 13.2 Å². The fourth-order valence-corrected chi connectivity index (χ4v) is 11.1. The van der Waals surface area contributed by atoms with Gasteiger partial charge in [0, 0.05) is 40.5 Å². The molecule has 6 aliphatic rings. The van der Waals surface area contributed by atoms with E-state index < -0.39 is 39.7 Å². The predicted molar refractivity (Wildman–Crippen MR) is 172 cm³/mol. The molecule has 47 heavy (non-hydrogen) atoms. The number of carbonyl (C=O) groups excluding carboxylic acids is 1. The van der Waals surface area contributed by atoms with Gasteiger partial charge in [0.15, 0.2) is 5.76 Å². The Morgan fingerprint density at radius 1 is 1.04 bits per heavy atom. The summed E-state index contributed by atoms with van der Waals surface area (Å²) in [5.74, 6) is -0.220. The molecule has 254 valence electrons. The molecule has 1 aromatic heterocycles. The number of Topliss-reactive ketones (excluding diaryl/α,β-unsaturated/α-hetero) is 1. The van der Waals surface area contributed by atoms with Crippen molar-refractivity contribution < 1.29 is 37.7 Å². The molecule has 8 atom stereocenters. The van der Waals surface area contributed by atoms with Gasteiger partial charge >= 0.3 is 6.18 Å². The van der Waals surface area contributed by atoms with Crippen LogP contribution in [0.2, 0.25) is 5.02 Å². The lowest BCUT2D eigenvalue weighted by Crippen LogP contribution is -2.67. The summed E-state index contributed by atoms with van der Waals surface area (Å²) in [6.45, 7) is 5.30. The zero-order valence-electron chi connectivity index (χ0n) is 27.0. The van der Waals surface area contributed by atoms with E-state index in [0.29, 0.717) is 44.3 Å². The van der Waals surface area contributed by atoms with Gasteiger partial charge in [0.05, 0.1) is 28.9 Å². The zero-order valence-corrected chi connectivity index (χ0v) is 27.8. The van der Waals surface area contributed by atoms with Crippen molar-refractivity contribution >= 4 is 17.4 Å². The normalized spacial score (nSPS) is 39.0. The topological polar surface area (TPSA) is 94.1 Å². The molecular formula is C37H43ClF3NO5. The molecule has 6 aliphatic carbocycles. The zero-order chi connectivity index (χ0) is 33.8. The van der Waals surface area contributed by atoms with Gasteiger partial charge in [0.1, 0.15) is 5.76 Å². The summed E-state index contributed by atoms with van der Waals surface area (Å²) in [5, 5.41) is 32.9. The molecule has 3 fully saturated rings. The summed E-state index contributed by atoms with van der Waals surface area (Å²) in [4.78, 5) is 16.8. The number of allylic oxidation sites excluding steroid dienone is 4. The average Bonchev–Trinajstić information content (AvgIpc) is 3.59. The third-order valence-corrected chi connectivity index (χ3v) is 13.7. The molecule has 6 nitrogen and oxygen atoms in total. The van der Waals surface area contributed by atoms with Crippen molar-refractivity contribution in [3.05, 3.63) is 70.5 Å². The quantitative estimate of drug-likeness (QED) is 0.211. The maximum atomic E-state index is 14.8. The Hall–Kier alpha value is -2.43. The summed E-state index contributed by atoms with van der Waals surface area (Å²) in [5.41, 5.74) is -3.23. The van der Waals surface area contributed by atoms with Crippen molar-refractivity contribution in [3.63, 3.8) is 0 Å². The maximum absolute atomic E-state index is 14.8. The van der Waals surface area contributed by atoms with Gasteiger partial charge in [-0.2, -0.15) is 13.2 Å². The van der Waals surface area contributed by atoms with Crippen molar-refractivity contribution in [2.45, 2.75) is 76.7 Å². The molecule has 2 aromatic rings. The van der Waals surface area contributed by atoms with Crippen molar-refractivity contribution in [2.24, 2.45) is 33.5 Å². The molecule has 3 N–H and O–H groups in total. The Balaban J connectivity index is 1.34. The van der Waals surface area contributed by atoms with Crippen LogP contribution in [-0.4, -0.2) is 64.5 Å². The second kappa shape index (κ2) is 10.8. The van der Waals surface area contributed by atoms with Gasteiger partial charge in [-0.05, 0) is 99.6 Å². The van der Waals surface area contributed by atoms with E-state index in [0.717, 1.165) is 31.4 Å². The molecule has 10 heteroatoms. The van der Waals surface area contributed by atoms with E-state index in [-0.39, 0.29) is 51.7 Å². The summed E-state index contributed by atoms with van der Waals surface area (Å²) >= 11 is 6.33. The highest BCUT2D eigenvalue weighted by Crippen LogP contribution is 2.78. The van der Waals surface area contributed by atoms with E-state index in [9.17, 15) is 33.3 Å². The molecule has 3 saturated carbocycles. The summed E-state index contributed by atoms with van der Waals surface area (Å²) in [6, 6.07) is 6.02. The highest BCUT2D eigenvalue weighted by atomic mass is 35.5. The van der Waals surface area contributed by atoms with Gasteiger partial charge in [0.2, 0.25) is 5.78 Å². The number of nitrogens with zero attached hydrogens (tertiary/aromatic N) is 1. The van der Waals surface area contributed by atoms with Crippen LogP contribution in [0.15, 0.2) is 58.6 Å². The lowest BCUT2D eigenvalue weighted by molar-refractivity contribution is -0.175. The summed E-state index contributed by atoms with van der Waals surface area (Å²) < 4.78 is 46.7. The molecular weight excluding hydrogens is 631 g/mol. The minimum atomic E-state index is -4.57. The molecule has 2 spiro atoms. The number of likely N-dealkylation sites (N-methyl/N-ethyl adjacent to an activating group) is 1. The molecule has 0 saturated heterocycles. The number of alkyl halides is 3. The third-order valence-electron chi connectivity index (χ3n) is 13.4. The van der Waals surface area contributed by atoms with Crippen molar-refractivity contribution in [1.29, 1.82) is 0 Å². The minimum absolute atomic E-state index is 0.00794. The van der Waals surface area contributed by atoms with E-state index in [1.54, 1.807) is 0 Å². The largest absolute Gasteiger partial charge is 0.453 e. The van der Waals surface area contributed by atoms with Gasteiger partial charge < -0.3 is 24.6 Å². The number of hydrogen-bond donors (Lipinski definition) is 3.